The molecule has 0 saturated carbocycles. The van der Waals surface area contributed by atoms with Gasteiger partial charge in [0.25, 0.3) is 0 Å². The van der Waals surface area contributed by atoms with Crippen LogP contribution in [0.3, 0.4) is 0 Å². The van der Waals surface area contributed by atoms with Gasteiger partial charge in [-0.25, -0.2) is 19.2 Å². The third-order valence-corrected chi connectivity index (χ3v) is 2.03. The molecular formula is C9H11N3O10. The first-order chi connectivity index (χ1) is 10.0. The van der Waals surface area contributed by atoms with E-state index in [0.717, 1.165) is 0 Å². The van der Waals surface area contributed by atoms with Gasteiger partial charge in [0.05, 0.1) is 6.42 Å². The molecule has 0 aliphatic carbocycles. The number of carbonyl (C=O) groups is 3. The molecule has 0 spiro atoms. The van der Waals surface area contributed by atoms with Crippen LogP contribution in [0.2, 0.25) is 0 Å². The van der Waals surface area contributed by atoms with Gasteiger partial charge in [-0.15, -0.1) is 0 Å². The molecule has 13 nitrogen and oxygen atoms in total. The quantitative estimate of drug-likeness (QED) is 0.281. The Hall–Kier alpha value is -3.22. The first-order valence-electron chi connectivity index (χ1n) is 5.33. The molecule has 122 valence electrons. The van der Waals surface area contributed by atoms with E-state index in [0.29, 0.717) is 0 Å². The molecule has 1 rings (SSSR count). The molecule has 0 aliphatic rings. The molecule has 0 bridgehead atoms. The van der Waals surface area contributed by atoms with Crippen LogP contribution in [0.25, 0.3) is 0 Å². The van der Waals surface area contributed by atoms with Crippen molar-refractivity contribution in [1.82, 2.24) is 15.0 Å². The fraction of sp³-hybridized carbons (Fsp3) is 0.333. The van der Waals surface area contributed by atoms with Gasteiger partial charge in [-0.05, 0) is 0 Å². The molecule has 7 N–H and O–H groups in total. The van der Waals surface area contributed by atoms with Gasteiger partial charge in [-0.3, -0.25) is 24.5 Å². The Labute approximate surface area is 118 Å². The highest BCUT2D eigenvalue weighted by Gasteiger charge is 2.33. The molecule has 1 heterocycles. The monoisotopic (exact) mass is 321 g/mol. The predicted molar refractivity (Wildman–Crippen MR) is 65.3 cm³/mol. The number of hydrogen-bond acceptors (Lipinski definition) is 7. The Balaban J connectivity index is 0.000000425. The van der Waals surface area contributed by atoms with E-state index in [-0.39, 0.29) is 0 Å². The Bertz CT molecular complexity index is 635. The van der Waals surface area contributed by atoms with Gasteiger partial charge < -0.3 is 20.4 Å². The maximum absolute atomic E-state index is 10.3. The Morgan fingerprint density at radius 2 is 1.18 bits per heavy atom. The molecule has 2 unspecified atom stereocenters. The van der Waals surface area contributed by atoms with Crippen molar-refractivity contribution in [1.29, 1.82) is 0 Å². The minimum absolute atomic E-state index is 0.802. The van der Waals surface area contributed by atoms with Gasteiger partial charge in [-0.1, -0.05) is 0 Å². The summed E-state index contributed by atoms with van der Waals surface area (Å²) in [6, 6.07) is 0. The highest BCUT2D eigenvalue weighted by molar-refractivity contribution is 5.85. The molecule has 1 aromatic heterocycles. The number of rotatable bonds is 5. The number of aromatic amines is 3. The molecule has 0 aliphatic heterocycles. The van der Waals surface area contributed by atoms with Crippen molar-refractivity contribution < 1.29 is 34.8 Å². The van der Waals surface area contributed by atoms with Gasteiger partial charge in [0.2, 0.25) is 0 Å². The topological polar surface area (TPSA) is 231 Å². The van der Waals surface area contributed by atoms with Crippen LogP contribution in [0.5, 0.6) is 0 Å². The van der Waals surface area contributed by atoms with Crippen LogP contribution in [0.4, 0.5) is 0 Å². The zero-order chi connectivity index (χ0) is 17.4. The van der Waals surface area contributed by atoms with Crippen molar-refractivity contribution in [2.45, 2.75) is 12.5 Å². The van der Waals surface area contributed by atoms with Crippen molar-refractivity contribution in [2.24, 2.45) is 5.92 Å². The number of aliphatic hydroxyl groups excluding tert-OH is 1. The van der Waals surface area contributed by atoms with Crippen LogP contribution in [-0.2, 0) is 14.4 Å². The molecule has 0 aromatic carbocycles. The van der Waals surface area contributed by atoms with Crippen molar-refractivity contribution in [2.75, 3.05) is 0 Å². The zero-order valence-corrected chi connectivity index (χ0v) is 10.6. The van der Waals surface area contributed by atoms with Crippen LogP contribution >= 0.6 is 0 Å². The van der Waals surface area contributed by atoms with Crippen molar-refractivity contribution >= 4 is 17.9 Å². The molecule has 0 radical (unpaired) electrons. The van der Waals surface area contributed by atoms with Gasteiger partial charge in [0, 0.05) is 0 Å². The highest BCUT2D eigenvalue weighted by Crippen LogP contribution is 2.09. The summed E-state index contributed by atoms with van der Waals surface area (Å²) in [7, 11) is 0. The van der Waals surface area contributed by atoms with E-state index in [1.807, 2.05) is 0 Å². The van der Waals surface area contributed by atoms with Gasteiger partial charge in [0.15, 0.2) is 6.10 Å². The average Bonchev–Trinajstić information content (AvgIpc) is 2.33. The summed E-state index contributed by atoms with van der Waals surface area (Å²) in [5.41, 5.74) is -2.41. The summed E-state index contributed by atoms with van der Waals surface area (Å²) in [5, 5.41) is 33.5. The number of carboxylic acids is 3. The number of carboxylic acid groups (broad SMARTS) is 3. The van der Waals surface area contributed by atoms with E-state index < -0.39 is 53.4 Å². The van der Waals surface area contributed by atoms with Gasteiger partial charge >= 0.3 is 35.0 Å². The number of nitrogens with one attached hydrogen (secondary N) is 3. The number of hydrogen-bond donors (Lipinski definition) is 7. The van der Waals surface area contributed by atoms with E-state index >= 15 is 0 Å². The largest absolute Gasteiger partial charge is 0.481 e. The summed E-state index contributed by atoms with van der Waals surface area (Å²) in [6.45, 7) is 0. The van der Waals surface area contributed by atoms with Crippen molar-refractivity contribution in [3.8, 4) is 0 Å². The summed E-state index contributed by atoms with van der Waals surface area (Å²) in [4.78, 5) is 66.4. The van der Waals surface area contributed by atoms with Crippen LogP contribution in [0, 0.1) is 5.92 Å². The van der Waals surface area contributed by atoms with E-state index in [1.54, 1.807) is 15.0 Å². The second kappa shape index (κ2) is 8.15. The summed E-state index contributed by atoms with van der Waals surface area (Å²) >= 11 is 0. The highest BCUT2D eigenvalue weighted by atomic mass is 16.4. The van der Waals surface area contributed by atoms with Gasteiger partial charge in [0.1, 0.15) is 5.92 Å². The zero-order valence-electron chi connectivity index (χ0n) is 10.6. The Morgan fingerprint density at radius 3 is 1.41 bits per heavy atom. The van der Waals surface area contributed by atoms with Crippen LogP contribution in [-0.4, -0.2) is 59.4 Å². The summed E-state index contributed by atoms with van der Waals surface area (Å²) < 4.78 is 0. The van der Waals surface area contributed by atoms with E-state index in [1.165, 1.54) is 0 Å². The number of aliphatic carboxylic acids is 3. The van der Waals surface area contributed by atoms with Crippen LogP contribution in [0.15, 0.2) is 14.4 Å². The number of aliphatic hydroxyl groups is 1. The van der Waals surface area contributed by atoms with E-state index in [9.17, 15) is 28.8 Å². The fourth-order valence-electron chi connectivity index (χ4n) is 1.10. The minimum atomic E-state index is -2.20. The Morgan fingerprint density at radius 1 is 0.818 bits per heavy atom. The van der Waals surface area contributed by atoms with Gasteiger partial charge in [-0.2, -0.15) is 0 Å². The smallest absolute Gasteiger partial charge is 0.333 e. The summed E-state index contributed by atoms with van der Waals surface area (Å²) in [5.74, 6) is -6.71. The first-order valence-corrected chi connectivity index (χ1v) is 5.33. The lowest BCUT2D eigenvalue weighted by Gasteiger charge is -2.12. The minimum Gasteiger partial charge on any atom is -0.481 e. The van der Waals surface area contributed by atoms with Crippen molar-refractivity contribution in [3.63, 3.8) is 0 Å². The lowest BCUT2D eigenvalue weighted by atomic mass is 9.99. The molecule has 0 amide bonds. The molecule has 0 fully saturated rings. The SMILES string of the molecule is O=C(O)CC(C(=O)O)C(O)C(=O)O.O=c1[nH]c(=O)[nH]c(=O)[nH]1. The molecule has 2 atom stereocenters. The first kappa shape index (κ1) is 18.8. The lowest BCUT2D eigenvalue weighted by molar-refractivity contribution is -0.162. The third-order valence-electron chi connectivity index (χ3n) is 2.03. The van der Waals surface area contributed by atoms with E-state index in [4.69, 9.17) is 20.4 Å². The molecule has 22 heavy (non-hydrogen) atoms. The Kier molecular flexibility index (Phi) is 6.96. The predicted octanol–water partition coefficient (Wildman–Crippen LogP) is -3.64. The van der Waals surface area contributed by atoms with Crippen LogP contribution in [0.1, 0.15) is 6.42 Å². The molecule has 1 aromatic rings. The van der Waals surface area contributed by atoms with Crippen molar-refractivity contribution in [3.05, 3.63) is 31.5 Å². The maximum Gasteiger partial charge on any atom is 0.333 e. The third kappa shape index (κ3) is 6.80. The lowest BCUT2D eigenvalue weighted by Crippen LogP contribution is -2.36. The fourth-order valence-corrected chi connectivity index (χ4v) is 1.10. The second-order valence-corrected chi connectivity index (χ2v) is 3.69. The molecule has 0 saturated heterocycles. The maximum atomic E-state index is 10.3. The number of H-pyrrole nitrogens is 3. The number of aromatic nitrogens is 3. The standard InChI is InChI=1S/C6H8O7.C3H3N3O3/c7-3(8)1-2(5(10)11)4(9)6(12)13;7-1-4-2(8)6-3(9)5-1/h2,4,9H,1H2,(H,7,8)(H,10,11)(H,12,13);(H3,4,5,6,7,8,9). The van der Waals surface area contributed by atoms with E-state index in [2.05, 4.69) is 0 Å². The average molecular weight is 321 g/mol. The van der Waals surface area contributed by atoms with Crippen LogP contribution < -0.4 is 17.1 Å². The molecule has 13 heteroatoms. The molecular weight excluding hydrogens is 310 g/mol. The second-order valence-electron chi connectivity index (χ2n) is 3.69. The normalized spacial score (nSPS) is 12.4. The summed E-state index contributed by atoms with van der Waals surface area (Å²) in [6.07, 6.45) is -3.13.